The van der Waals surface area contributed by atoms with E-state index in [1.807, 2.05) is 0 Å². The monoisotopic (exact) mass is 440 g/mol. The van der Waals surface area contributed by atoms with Crippen molar-refractivity contribution in [2.45, 2.75) is 155 Å². The zero-order chi connectivity index (χ0) is 23.0. The van der Waals surface area contributed by atoms with E-state index in [0.29, 0.717) is 12.8 Å². The SMILES string of the molecule is CCCCCCCCC(CCCCCCCCC(=O)O)CCCCCCCCC(=O)O. The molecule has 0 bridgehead atoms. The van der Waals surface area contributed by atoms with Crippen LogP contribution in [-0.2, 0) is 9.59 Å². The molecule has 0 rings (SSSR count). The van der Waals surface area contributed by atoms with Crippen LogP contribution >= 0.6 is 0 Å². The van der Waals surface area contributed by atoms with Crippen LogP contribution in [-0.4, -0.2) is 22.2 Å². The first-order valence-corrected chi connectivity index (χ1v) is 13.5. The van der Waals surface area contributed by atoms with Crippen LogP contribution in [0.25, 0.3) is 0 Å². The minimum Gasteiger partial charge on any atom is -0.481 e. The lowest BCUT2D eigenvalue weighted by Crippen LogP contribution is -2.02. The van der Waals surface area contributed by atoms with Crippen molar-refractivity contribution in [3.8, 4) is 0 Å². The lowest BCUT2D eigenvalue weighted by atomic mass is 9.89. The predicted octanol–water partition coefficient (Wildman–Crippen LogP) is 8.76. The summed E-state index contributed by atoms with van der Waals surface area (Å²) in [7, 11) is 0. The molecule has 0 fully saturated rings. The minimum absolute atomic E-state index is 0.319. The van der Waals surface area contributed by atoms with E-state index in [-0.39, 0.29) is 0 Å². The molecule has 0 heterocycles. The Morgan fingerprint density at radius 2 is 0.774 bits per heavy atom. The first-order chi connectivity index (χ1) is 15.1. The third-order valence-corrected chi connectivity index (χ3v) is 6.47. The van der Waals surface area contributed by atoms with E-state index >= 15 is 0 Å². The molecule has 0 aliphatic heterocycles. The second kappa shape index (κ2) is 23.6. The molecule has 0 atom stereocenters. The number of carbonyl (C=O) groups is 2. The van der Waals surface area contributed by atoms with Gasteiger partial charge in [0.2, 0.25) is 0 Å². The van der Waals surface area contributed by atoms with Crippen LogP contribution in [0.2, 0.25) is 0 Å². The molecule has 0 aromatic rings. The Bertz CT molecular complexity index is 378. The quantitative estimate of drug-likeness (QED) is 0.139. The van der Waals surface area contributed by atoms with Crippen LogP contribution in [0.5, 0.6) is 0 Å². The number of hydrogen-bond donors (Lipinski definition) is 2. The van der Waals surface area contributed by atoms with Gasteiger partial charge in [0.25, 0.3) is 0 Å². The van der Waals surface area contributed by atoms with Crippen LogP contribution in [0.1, 0.15) is 155 Å². The van der Waals surface area contributed by atoms with E-state index in [2.05, 4.69) is 6.92 Å². The molecule has 31 heavy (non-hydrogen) atoms. The summed E-state index contributed by atoms with van der Waals surface area (Å²) in [5.41, 5.74) is 0. The van der Waals surface area contributed by atoms with E-state index in [9.17, 15) is 9.59 Å². The van der Waals surface area contributed by atoms with E-state index in [4.69, 9.17) is 10.2 Å². The van der Waals surface area contributed by atoms with Crippen molar-refractivity contribution in [1.29, 1.82) is 0 Å². The molecule has 0 saturated heterocycles. The largest absolute Gasteiger partial charge is 0.481 e. The lowest BCUT2D eigenvalue weighted by molar-refractivity contribution is -0.138. The van der Waals surface area contributed by atoms with Crippen molar-refractivity contribution in [3.05, 3.63) is 0 Å². The summed E-state index contributed by atoms with van der Waals surface area (Å²) in [6.07, 6.45) is 26.9. The highest BCUT2D eigenvalue weighted by Gasteiger charge is 2.09. The number of unbranched alkanes of at least 4 members (excludes halogenated alkanes) is 15. The second-order valence-corrected chi connectivity index (χ2v) is 9.53. The van der Waals surface area contributed by atoms with Gasteiger partial charge in [-0.1, -0.05) is 129 Å². The van der Waals surface area contributed by atoms with Gasteiger partial charge in [0, 0.05) is 12.8 Å². The molecule has 0 amide bonds. The predicted molar refractivity (Wildman–Crippen MR) is 131 cm³/mol. The molecule has 0 aliphatic rings. The highest BCUT2D eigenvalue weighted by atomic mass is 16.4. The first-order valence-electron chi connectivity index (χ1n) is 13.5. The van der Waals surface area contributed by atoms with Crippen LogP contribution in [0, 0.1) is 5.92 Å². The third-order valence-electron chi connectivity index (χ3n) is 6.47. The second-order valence-electron chi connectivity index (χ2n) is 9.53. The standard InChI is InChI=1S/C27H52O4/c1-2-3-4-5-10-15-20-25(21-16-11-6-8-13-18-23-26(28)29)22-17-12-7-9-14-19-24-27(30)31/h25H,2-24H2,1H3,(H,28,29)(H,30,31). The van der Waals surface area contributed by atoms with Gasteiger partial charge in [0.05, 0.1) is 0 Å². The van der Waals surface area contributed by atoms with Gasteiger partial charge in [0.15, 0.2) is 0 Å². The maximum Gasteiger partial charge on any atom is 0.303 e. The first kappa shape index (κ1) is 29.9. The van der Waals surface area contributed by atoms with E-state index in [0.717, 1.165) is 31.6 Å². The fraction of sp³-hybridized carbons (Fsp3) is 0.926. The van der Waals surface area contributed by atoms with Crippen molar-refractivity contribution in [2.75, 3.05) is 0 Å². The highest BCUT2D eigenvalue weighted by molar-refractivity contribution is 5.66. The van der Waals surface area contributed by atoms with Crippen LogP contribution < -0.4 is 0 Å². The molecule has 4 heteroatoms. The summed E-state index contributed by atoms with van der Waals surface area (Å²) < 4.78 is 0. The number of hydrogen-bond acceptors (Lipinski definition) is 2. The van der Waals surface area contributed by atoms with Gasteiger partial charge in [-0.25, -0.2) is 0 Å². The van der Waals surface area contributed by atoms with Gasteiger partial charge >= 0.3 is 11.9 Å². The molecule has 4 nitrogen and oxygen atoms in total. The average Bonchev–Trinajstić information content (AvgIpc) is 2.73. The molecule has 0 radical (unpaired) electrons. The van der Waals surface area contributed by atoms with Crippen molar-refractivity contribution in [1.82, 2.24) is 0 Å². The fourth-order valence-electron chi connectivity index (χ4n) is 4.48. The Balaban J connectivity index is 3.86. The average molecular weight is 441 g/mol. The summed E-state index contributed by atoms with van der Waals surface area (Å²) in [5.74, 6) is -0.458. The molecule has 0 saturated carbocycles. The van der Waals surface area contributed by atoms with Crippen LogP contribution in [0.4, 0.5) is 0 Å². The number of rotatable bonds is 25. The van der Waals surface area contributed by atoms with Crippen molar-refractivity contribution in [3.63, 3.8) is 0 Å². The van der Waals surface area contributed by atoms with E-state index < -0.39 is 11.9 Å². The minimum atomic E-state index is -0.669. The van der Waals surface area contributed by atoms with Gasteiger partial charge in [-0.15, -0.1) is 0 Å². The summed E-state index contributed by atoms with van der Waals surface area (Å²) in [6.45, 7) is 2.27. The van der Waals surface area contributed by atoms with Crippen LogP contribution in [0.3, 0.4) is 0 Å². The molecular weight excluding hydrogens is 388 g/mol. The van der Waals surface area contributed by atoms with E-state index in [1.54, 1.807) is 0 Å². The maximum atomic E-state index is 10.5. The zero-order valence-electron chi connectivity index (χ0n) is 20.6. The van der Waals surface area contributed by atoms with Crippen molar-refractivity contribution in [2.24, 2.45) is 5.92 Å². The summed E-state index contributed by atoms with van der Waals surface area (Å²) in [5, 5.41) is 17.4. The fourth-order valence-corrected chi connectivity index (χ4v) is 4.48. The molecule has 0 aromatic carbocycles. The van der Waals surface area contributed by atoms with Gasteiger partial charge in [0.1, 0.15) is 0 Å². The molecule has 0 unspecified atom stereocenters. The Morgan fingerprint density at radius 3 is 1.10 bits per heavy atom. The number of carboxylic acid groups (broad SMARTS) is 2. The van der Waals surface area contributed by atoms with Crippen LogP contribution in [0.15, 0.2) is 0 Å². The molecule has 0 aromatic heterocycles. The highest BCUT2D eigenvalue weighted by Crippen LogP contribution is 2.25. The summed E-state index contributed by atoms with van der Waals surface area (Å²) >= 11 is 0. The zero-order valence-corrected chi connectivity index (χ0v) is 20.6. The molecule has 0 aliphatic carbocycles. The topological polar surface area (TPSA) is 74.6 Å². The van der Waals surface area contributed by atoms with Crippen molar-refractivity contribution >= 4 is 11.9 Å². The van der Waals surface area contributed by atoms with Gasteiger partial charge < -0.3 is 10.2 Å². The Kier molecular flexibility index (Phi) is 22.8. The molecule has 0 spiro atoms. The lowest BCUT2D eigenvalue weighted by Gasteiger charge is -2.17. The maximum absolute atomic E-state index is 10.5. The Morgan fingerprint density at radius 1 is 0.484 bits per heavy atom. The van der Waals surface area contributed by atoms with Gasteiger partial charge in [-0.05, 0) is 18.8 Å². The Hall–Kier alpha value is -1.06. The molecular formula is C27H52O4. The Labute approximate surface area is 192 Å². The van der Waals surface area contributed by atoms with Crippen molar-refractivity contribution < 1.29 is 19.8 Å². The number of carboxylic acids is 2. The van der Waals surface area contributed by atoms with Gasteiger partial charge in [-0.2, -0.15) is 0 Å². The third kappa shape index (κ3) is 25.1. The van der Waals surface area contributed by atoms with E-state index in [1.165, 1.54) is 109 Å². The summed E-state index contributed by atoms with van der Waals surface area (Å²) in [4.78, 5) is 21.1. The normalized spacial score (nSPS) is 11.3. The smallest absolute Gasteiger partial charge is 0.303 e. The number of aliphatic carboxylic acids is 2. The van der Waals surface area contributed by atoms with Gasteiger partial charge in [-0.3, -0.25) is 9.59 Å². The summed E-state index contributed by atoms with van der Waals surface area (Å²) in [6, 6.07) is 0. The molecule has 2 N–H and O–H groups in total. The molecule has 184 valence electrons.